The van der Waals surface area contributed by atoms with Crippen LogP contribution in [0.4, 0.5) is 0 Å². The molecule has 2 heterocycles. The molecule has 2 saturated heterocycles. The first-order valence-electron chi connectivity index (χ1n) is 14.8. The maximum Gasteiger partial charge on any atom is 0.0926 e. The Labute approximate surface area is 209 Å². The van der Waals surface area contributed by atoms with Gasteiger partial charge in [0.1, 0.15) is 0 Å². The summed E-state index contributed by atoms with van der Waals surface area (Å²) in [5, 5.41) is 11.7. The van der Waals surface area contributed by atoms with Crippen LogP contribution in [-0.2, 0) is 0 Å². The third kappa shape index (κ3) is 3.52. The van der Waals surface area contributed by atoms with Gasteiger partial charge in [-0.3, -0.25) is 4.90 Å². The summed E-state index contributed by atoms with van der Waals surface area (Å²) in [5.41, 5.74) is 2.39. The first kappa shape index (κ1) is 23.9. The lowest BCUT2D eigenvalue weighted by Crippen LogP contribution is -2.59. The van der Waals surface area contributed by atoms with Crippen molar-refractivity contribution in [1.82, 2.24) is 4.90 Å². The summed E-state index contributed by atoms with van der Waals surface area (Å²) in [7, 11) is 7.28. The van der Waals surface area contributed by atoms with Crippen molar-refractivity contribution in [2.45, 2.75) is 89.8 Å². The van der Waals surface area contributed by atoms with Crippen LogP contribution in [0, 0.1) is 28.6 Å². The zero-order valence-electron chi connectivity index (χ0n) is 22.9. The topological polar surface area (TPSA) is 23.5 Å². The Hall–Kier alpha value is -0.420. The largest absolute Gasteiger partial charge is 0.391 e. The zero-order chi connectivity index (χ0) is 23.9. The highest BCUT2D eigenvalue weighted by Crippen LogP contribution is 2.65. The molecular weight excluding hydrogens is 418 g/mol. The molecule has 8 atom stereocenters. The monoisotopic (exact) mass is 471 g/mol. The van der Waals surface area contributed by atoms with Crippen molar-refractivity contribution in [1.29, 1.82) is 0 Å². The van der Waals surface area contributed by atoms with Crippen molar-refractivity contribution >= 4 is 0 Å². The third-order valence-corrected chi connectivity index (χ3v) is 13.0. The Bertz CT molecular complexity index is 821. The quantitative estimate of drug-likeness (QED) is 0.480. The van der Waals surface area contributed by atoms with E-state index in [0.29, 0.717) is 17.4 Å². The number of likely N-dealkylation sites (N-methyl/N-ethyl adjacent to an activating group) is 1. The van der Waals surface area contributed by atoms with E-state index in [1.54, 1.807) is 0 Å². The zero-order valence-corrected chi connectivity index (χ0v) is 22.9. The normalized spacial score (nSPS) is 50.2. The predicted octanol–water partition coefficient (Wildman–Crippen LogP) is 4.29. The molecule has 192 valence electrons. The average Bonchev–Trinajstić information content (AvgIpc) is 3.35. The van der Waals surface area contributed by atoms with Crippen LogP contribution in [0.15, 0.2) is 11.6 Å². The van der Waals surface area contributed by atoms with Gasteiger partial charge in [0.25, 0.3) is 0 Å². The van der Waals surface area contributed by atoms with Crippen molar-refractivity contribution in [2.75, 3.05) is 60.4 Å². The number of likely N-dealkylation sites (tertiary alicyclic amines) is 1. The van der Waals surface area contributed by atoms with Gasteiger partial charge < -0.3 is 14.1 Å². The Balaban J connectivity index is 1.22. The van der Waals surface area contributed by atoms with E-state index in [4.69, 9.17) is 0 Å². The van der Waals surface area contributed by atoms with Gasteiger partial charge in [-0.1, -0.05) is 25.5 Å². The molecule has 0 aromatic carbocycles. The van der Waals surface area contributed by atoms with Crippen LogP contribution in [0.2, 0.25) is 0 Å². The lowest BCUT2D eigenvalue weighted by Gasteiger charge is -2.58. The van der Waals surface area contributed by atoms with E-state index in [2.05, 4.69) is 46.0 Å². The standard InChI is InChI=1S/C30H53N3O/c1-29-12-10-23(33(5)16-6-7-17-33)20-22(29)8-9-24-25(29)11-13-30(2)26(24)21-27(28(30)34)31-14-18-32(3,4)19-15-31/h8,23-28,34H,6-7,9-21H2,1-5H3/q+2/t23-,24?,25?,26?,27-,28-,29-,30-/m0/s1. The molecule has 5 fully saturated rings. The van der Waals surface area contributed by atoms with Crippen molar-refractivity contribution in [3.8, 4) is 0 Å². The van der Waals surface area contributed by atoms with Gasteiger partial charge in [0, 0.05) is 44.8 Å². The van der Waals surface area contributed by atoms with Crippen LogP contribution in [0.5, 0.6) is 0 Å². The van der Waals surface area contributed by atoms with Gasteiger partial charge in [-0.15, -0.1) is 0 Å². The average molecular weight is 472 g/mol. The number of aliphatic hydroxyl groups excluding tert-OH is 1. The Morgan fingerprint density at radius 2 is 1.65 bits per heavy atom. The van der Waals surface area contributed by atoms with Crippen LogP contribution < -0.4 is 0 Å². The number of hydrogen-bond donors (Lipinski definition) is 1. The smallest absolute Gasteiger partial charge is 0.0926 e. The Kier molecular flexibility index (Phi) is 5.66. The third-order valence-electron chi connectivity index (χ3n) is 13.0. The second-order valence-electron chi connectivity index (χ2n) is 15.0. The van der Waals surface area contributed by atoms with E-state index in [0.717, 1.165) is 35.5 Å². The molecule has 6 rings (SSSR count). The molecule has 3 unspecified atom stereocenters. The van der Waals surface area contributed by atoms with E-state index in [-0.39, 0.29) is 11.5 Å². The molecule has 0 bridgehead atoms. The van der Waals surface area contributed by atoms with Gasteiger partial charge in [-0.2, -0.15) is 0 Å². The highest BCUT2D eigenvalue weighted by molar-refractivity contribution is 5.26. The van der Waals surface area contributed by atoms with Gasteiger partial charge in [-0.05, 0) is 60.7 Å². The van der Waals surface area contributed by atoms with E-state index >= 15 is 0 Å². The molecule has 0 spiro atoms. The molecule has 2 aliphatic heterocycles. The number of allylic oxidation sites excluding steroid dienone is 1. The molecular formula is C30H53N3O+2. The number of fused-ring (bicyclic) bond motifs is 5. The second-order valence-corrected chi connectivity index (χ2v) is 15.0. The van der Waals surface area contributed by atoms with Crippen molar-refractivity contribution < 1.29 is 14.1 Å². The van der Waals surface area contributed by atoms with Gasteiger partial charge in [0.05, 0.1) is 59.5 Å². The maximum absolute atomic E-state index is 11.7. The van der Waals surface area contributed by atoms with Gasteiger partial charge >= 0.3 is 0 Å². The van der Waals surface area contributed by atoms with E-state index in [1.165, 1.54) is 88.4 Å². The number of aliphatic hydroxyl groups is 1. The molecule has 1 N–H and O–H groups in total. The molecule has 34 heavy (non-hydrogen) atoms. The minimum absolute atomic E-state index is 0.126. The summed E-state index contributed by atoms with van der Waals surface area (Å²) < 4.78 is 2.48. The summed E-state index contributed by atoms with van der Waals surface area (Å²) in [6.07, 6.45) is 14.8. The first-order chi connectivity index (χ1) is 16.1. The summed E-state index contributed by atoms with van der Waals surface area (Å²) in [6, 6.07) is 1.26. The van der Waals surface area contributed by atoms with Crippen LogP contribution in [0.1, 0.15) is 71.6 Å². The maximum atomic E-state index is 11.7. The second kappa shape index (κ2) is 8.04. The Morgan fingerprint density at radius 3 is 2.35 bits per heavy atom. The van der Waals surface area contributed by atoms with Gasteiger partial charge in [0.15, 0.2) is 0 Å². The highest BCUT2D eigenvalue weighted by Gasteiger charge is 2.62. The molecule has 6 aliphatic rings. The highest BCUT2D eigenvalue weighted by atomic mass is 16.3. The number of hydrogen-bond acceptors (Lipinski definition) is 2. The number of piperazine rings is 1. The van der Waals surface area contributed by atoms with Crippen LogP contribution >= 0.6 is 0 Å². The fourth-order valence-electron chi connectivity index (χ4n) is 10.3. The van der Waals surface area contributed by atoms with Gasteiger partial charge in [-0.25, -0.2) is 0 Å². The summed E-state index contributed by atoms with van der Waals surface area (Å²) in [5.74, 6) is 2.33. The van der Waals surface area contributed by atoms with Crippen molar-refractivity contribution in [2.24, 2.45) is 28.6 Å². The lowest BCUT2D eigenvalue weighted by molar-refractivity contribution is -0.923. The SMILES string of the molecule is C[C@]12CC[C@H]([N+]3(C)CCCC3)CC1=CCC1C2CC[C@@]2(C)C1C[C@H](N1CC[N+](C)(C)CC1)[C@@H]2O. The minimum Gasteiger partial charge on any atom is -0.391 e. The summed E-state index contributed by atoms with van der Waals surface area (Å²) in [6.45, 7) is 12.7. The molecule has 4 nitrogen and oxygen atoms in total. The number of rotatable bonds is 2. The summed E-state index contributed by atoms with van der Waals surface area (Å²) in [4.78, 5) is 2.68. The number of quaternary nitrogens is 2. The molecule has 4 heteroatoms. The van der Waals surface area contributed by atoms with Gasteiger partial charge in [0.2, 0.25) is 0 Å². The van der Waals surface area contributed by atoms with E-state index < -0.39 is 0 Å². The van der Waals surface area contributed by atoms with Crippen molar-refractivity contribution in [3.63, 3.8) is 0 Å². The number of nitrogens with zero attached hydrogens (tertiary/aromatic N) is 3. The molecule has 0 aromatic rings. The summed E-state index contributed by atoms with van der Waals surface area (Å²) >= 11 is 0. The van der Waals surface area contributed by atoms with Crippen LogP contribution in [0.3, 0.4) is 0 Å². The fraction of sp³-hybridized carbons (Fsp3) is 0.933. The van der Waals surface area contributed by atoms with E-state index in [1.807, 2.05) is 5.57 Å². The van der Waals surface area contributed by atoms with E-state index in [9.17, 15) is 5.11 Å². The van der Waals surface area contributed by atoms with Crippen molar-refractivity contribution in [3.05, 3.63) is 11.6 Å². The Morgan fingerprint density at radius 1 is 0.941 bits per heavy atom. The lowest BCUT2D eigenvalue weighted by atomic mass is 9.47. The molecule has 4 aliphatic carbocycles. The fourth-order valence-corrected chi connectivity index (χ4v) is 10.3. The van der Waals surface area contributed by atoms with Crippen LogP contribution in [0.25, 0.3) is 0 Å². The minimum atomic E-state index is -0.138. The first-order valence-corrected chi connectivity index (χ1v) is 14.8. The molecule has 0 amide bonds. The molecule has 3 saturated carbocycles. The van der Waals surface area contributed by atoms with Crippen LogP contribution in [-0.4, -0.2) is 97.6 Å². The molecule has 0 aromatic heterocycles. The predicted molar refractivity (Wildman–Crippen MR) is 139 cm³/mol. The molecule has 0 radical (unpaired) electrons.